The third-order valence-corrected chi connectivity index (χ3v) is 4.73. The first kappa shape index (κ1) is 18.1. The maximum Gasteiger partial charge on any atom is 0.243 e. The van der Waals surface area contributed by atoms with Crippen LogP contribution in [0.1, 0.15) is 6.92 Å². The van der Waals surface area contributed by atoms with Crippen molar-refractivity contribution < 1.29 is 17.5 Å². The Hall–Kier alpha value is -0.890. The van der Waals surface area contributed by atoms with E-state index in [4.69, 9.17) is 10.5 Å². The molecule has 0 radical (unpaired) electrons. The number of benzene rings is 1. The fourth-order valence-corrected chi connectivity index (χ4v) is 2.74. The molecule has 0 spiro atoms. The number of rotatable bonds is 5. The number of nitrogens with two attached hydrogens (primary N) is 1. The zero-order valence-electron chi connectivity index (χ0n) is 11.0. The Morgan fingerprint density at radius 1 is 1.47 bits per heavy atom. The largest absolute Gasteiger partial charge is 0.494 e. The van der Waals surface area contributed by atoms with E-state index >= 15 is 0 Å². The van der Waals surface area contributed by atoms with Crippen LogP contribution < -0.4 is 10.5 Å². The number of methoxy groups -OCH3 is 1. The van der Waals surface area contributed by atoms with E-state index in [1.807, 2.05) is 0 Å². The lowest BCUT2D eigenvalue weighted by molar-refractivity contribution is 0.381. The first-order valence-electron chi connectivity index (χ1n) is 5.36. The van der Waals surface area contributed by atoms with Crippen LogP contribution in [0.2, 0.25) is 0 Å². The third kappa shape index (κ3) is 3.79. The SMILES string of the molecule is COc1cc(S(=O)(=O)N(C)C(C)CN)ccc1F.Cl. The molecule has 0 saturated heterocycles. The molecule has 0 saturated carbocycles. The number of halogens is 2. The van der Waals surface area contributed by atoms with Crippen molar-refractivity contribution in [2.45, 2.75) is 17.9 Å². The van der Waals surface area contributed by atoms with Crippen molar-refractivity contribution in [2.75, 3.05) is 20.7 Å². The van der Waals surface area contributed by atoms with Gasteiger partial charge in [-0.3, -0.25) is 0 Å². The van der Waals surface area contributed by atoms with Crippen LogP contribution in [0.25, 0.3) is 0 Å². The van der Waals surface area contributed by atoms with Gasteiger partial charge in [0.25, 0.3) is 0 Å². The second-order valence-corrected chi connectivity index (χ2v) is 5.90. The molecule has 0 bridgehead atoms. The van der Waals surface area contributed by atoms with Crippen molar-refractivity contribution in [2.24, 2.45) is 5.73 Å². The summed E-state index contributed by atoms with van der Waals surface area (Å²) in [7, 11) is -0.981. The lowest BCUT2D eigenvalue weighted by Crippen LogP contribution is -2.39. The maximum absolute atomic E-state index is 13.2. The zero-order valence-corrected chi connectivity index (χ0v) is 12.6. The highest BCUT2D eigenvalue weighted by atomic mass is 35.5. The Morgan fingerprint density at radius 3 is 2.53 bits per heavy atom. The summed E-state index contributed by atoms with van der Waals surface area (Å²) in [5.74, 6) is -0.712. The van der Waals surface area contributed by atoms with E-state index in [9.17, 15) is 12.8 Å². The lowest BCUT2D eigenvalue weighted by Gasteiger charge is -2.23. The van der Waals surface area contributed by atoms with Crippen molar-refractivity contribution in [3.05, 3.63) is 24.0 Å². The predicted octanol–water partition coefficient (Wildman–Crippen LogP) is 1.22. The monoisotopic (exact) mass is 312 g/mol. The topological polar surface area (TPSA) is 72.6 Å². The van der Waals surface area contributed by atoms with Gasteiger partial charge in [-0.15, -0.1) is 12.4 Å². The summed E-state index contributed by atoms with van der Waals surface area (Å²) in [6.45, 7) is 1.90. The average molecular weight is 313 g/mol. The molecule has 5 nitrogen and oxygen atoms in total. The quantitative estimate of drug-likeness (QED) is 0.887. The number of hydrogen-bond donors (Lipinski definition) is 1. The fourth-order valence-electron chi connectivity index (χ4n) is 1.35. The number of likely N-dealkylation sites (N-methyl/N-ethyl adjacent to an activating group) is 1. The van der Waals surface area contributed by atoms with Gasteiger partial charge in [0, 0.05) is 25.7 Å². The van der Waals surface area contributed by atoms with Crippen LogP contribution >= 0.6 is 12.4 Å². The van der Waals surface area contributed by atoms with E-state index in [0.717, 1.165) is 16.4 Å². The normalized spacial score (nSPS) is 12.9. The Bertz CT molecular complexity index is 525. The molecule has 1 aromatic carbocycles. The summed E-state index contributed by atoms with van der Waals surface area (Å²) in [6.07, 6.45) is 0. The molecule has 1 aromatic rings. The highest BCUT2D eigenvalue weighted by Gasteiger charge is 2.25. The molecular formula is C11H18ClFN2O3S. The predicted molar refractivity (Wildman–Crippen MR) is 73.7 cm³/mol. The van der Waals surface area contributed by atoms with E-state index in [1.165, 1.54) is 20.2 Å². The molecule has 8 heteroatoms. The van der Waals surface area contributed by atoms with Crippen LogP contribution in [-0.2, 0) is 10.0 Å². The lowest BCUT2D eigenvalue weighted by atomic mass is 10.3. The van der Waals surface area contributed by atoms with Gasteiger partial charge in [0.15, 0.2) is 11.6 Å². The van der Waals surface area contributed by atoms with E-state index in [2.05, 4.69) is 0 Å². The van der Waals surface area contributed by atoms with Gasteiger partial charge >= 0.3 is 0 Å². The minimum atomic E-state index is -3.69. The van der Waals surface area contributed by atoms with Gasteiger partial charge in [0.1, 0.15) is 0 Å². The summed E-state index contributed by atoms with van der Waals surface area (Å²) in [6, 6.07) is 3.08. The van der Waals surface area contributed by atoms with Crippen molar-refractivity contribution >= 4 is 22.4 Å². The van der Waals surface area contributed by atoms with Crippen LogP contribution in [0.4, 0.5) is 4.39 Å². The highest BCUT2D eigenvalue weighted by Crippen LogP contribution is 2.24. The van der Waals surface area contributed by atoms with Crippen molar-refractivity contribution in [3.63, 3.8) is 0 Å². The van der Waals surface area contributed by atoms with Gasteiger partial charge in [-0.25, -0.2) is 12.8 Å². The van der Waals surface area contributed by atoms with Crippen molar-refractivity contribution in [1.82, 2.24) is 4.31 Å². The zero-order chi connectivity index (χ0) is 13.9. The number of nitrogens with zero attached hydrogens (tertiary/aromatic N) is 1. The smallest absolute Gasteiger partial charge is 0.243 e. The number of hydrogen-bond acceptors (Lipinski definition) is 4. The molecule has 0 aliphatic heterocycles. The van der Waals surface area contributed by atoms with Gasteiger partial charge in [-0.2, -0.15) is 4.31 Å². The second kappa shape index (κ2) is 7.04. The Labute approximate surface area is 119 Å². The molecule has 0 aromatic heterocycles. The molecule has 110 valence electrons. The van der Waals surface area contributed by atoms with Gasteiger partial charge in [0.2, 0.25) is 10.0 Å². The summed E-state index contributed by atoms with van der Waals surface area (Å²) in [4.78, 5) is -0.0245. The first-order chi connectivity index (χ1) is 8.34. The molecule has 0 aliphatic carbocycles. The first-order valence-corrected chi connectivity index (χ1v) is 6.80. The Morgan fingerprint density at radius 2 is 2.05 bits per heavy atom. The van der Waals surface area contributed by atoms with Crippen LogP contribution in [0.15, 0.2) is 23.1 Å². The maximum atomic E-state index is 13.2. The van der Waals surface area contributed by atoms with Crippen LogP contribution in [0.3, 0.4) is 0 Å². The van der Waals surface area contributed by atoms with Crippen LogP contribution in [-0.4, -0.2) is 39.5 Å². The summed E-state index contributed by atoms with van der Waals surface area (Å²) < 4.78 is 43.6. The van der Waals surface area contributed by atoms with E-state index in [1.54, 1.807) is 6.92 Å². The van der Waals surface area contributed by atoms with Gasteiger partial charge in [-0.05, 0) is 19.1 Å². The van der Waals surface area contributed by atoms with E-state index in [-0.39, 0.29) is 35.6 Å². The van der Waals surface area contributed by atoms with Gasteiger partial charge < -0.3 is 10.5 Å². The molecule has 0 fully saturated rings. The summed E-state index contributed by atoms with van der Waals surface area (Å²) in [5.41, 5.74) is 5.44. The number of sulfonamides is 1. The molecular weight excluding hydrogens is 295 g/mol. The summed E-state index contributed by atoms with van der Waals surface area (Å²) >= 11 is 0. The third-order valence-electron chi connectivity index (χ3n) is 2.76. The van der Waals surface area contributed by atoms with Gasteiger partial charge in [0.05, 0.1) is 12.0 Å². The number of ether oxygens (including phenoxy) is 1. The van der Waals surface area contributed by atoms with E-state index < -0.39 is 15.8 Å². The molecule has 1 rings (SSSR count). The Balaban J connectivity index is 0.00000324. The molecule has 1 atom stereocenters. The van der Waals surface area contributed by atoms with Crippen LogP contribution in [0, 0.1) is 5.82 Å². The molecule has 0 heterocycles. The highest BCUT2D eigenvalue weighted by molar-refractivity contribution is 7.89. The summed E-state index contributed by atoms with van der Waals surface area (Å²) in [5, 5.41) is 0. The van der Waals surface area contributed by atoms with Gasteiger partial charge in [-0.1, -0.05) is 0 Å². The van der Waals surface area contributed by atoms with Crippen molar-refractivity contribution in [1.29, 1.82) is 0 Å². The minimum absolute atomic E-state index is 0. The molecule has 0 aliphatic rings. The van der Waals surface area contributed by atoms with Crippen LogP contribution in [0.5, 0.6) is 5.75 Å². The molecule has 1 unspecified atom stereocenters. The van der Waals surface area contributed by atoms with E-state index in [0.29, 0.717) is 0 Å². The Kier molecular flexibility index (Phi) is 6.71. The molecule has 0 amide bonds. The fraction of sp³-hybridized carbons (Fsp3) is 0.455. The second-order valence-electron chi connectivity index (χ2n) is 3.90. The molecule has 19 heavy (non-hydrogen) atoms. The van der Waals surface area contributed by atoms with Crippen molar-refractivity contribution in [3.8, 4) is 5.75 Å². The average Bonchev–Trinajstić information content (AvgIpc) is 2.37. The molecule has 2 N–H and O–H groups in total. The standard InChI is InChI=1S/C11H17FN2O3S.ClH/c1-8(7-13)14(2)18(15,16)9-4-5-10(12)11(6-9)17-3;/h4-6,8H,7,13H2,1-3H3;1H. The minimum Gasteiger partial charge on any atom is -0.494 e.